The number of halogens is 1. The van der Waals surface area contributed by atoms with Crippen LogP contribution in [-0.4, -0.2) is 23.1 Å². The van der Waals surface area contributed by atoms with Crippen molar-refractivity contribution in [2.75, 3.05) is 23.3 Å². The summed E-state index contributed by atoms with van der Waals surface area (Å²) in [5.41, 5.74) is 5.59. The third-order valence-corrected chi connectivity index (χ3v) is 6.18. The number of anilines is 3. The van der Waals surface area contributed by atoms with E-state index in [1.54, 1.807) is 0 Å². The second-order valence-electron chi connectivity index (χ2n) is 8.00. The Kier molecular flexibility index (Phi) is 5.41. The molecule has 2 aliphatic rings. The smallest absolute Gasteiger partial charge is 0.227 e. The lowest BCUT2D eigenvalue weighted by atomic mass is 9.86. The molecule has 1 aromatic heterocycles. The Morgan fingerprint density at radius 3 is 2.63 bits per heavy atom. The van der Waals surface area contributed by atoms with Crippen molar-refractivity contribution in [1.29, 1.82) is 0 Å². The van der Waals surface area contributed by atoms with Crippen LogP contribution in [0.2, 0.25) is 5.02 Å². The molecule has 1 atom stereocenters. The second kappa shape index (κ2) is 8.49. The summed E-state index contributed by atoms with van der Waals surface area (Å²) in [4.78, 5) is 11.9. The average Bonchev–Trinajstić information content (AvgIpc) is 2.80. The largest absolute Gasteiger partial charge is 0.372 e. The van der Waals surface area contributed by atoms with Gasteiger partial charge >= 0.3 is 0 Å². The van der Waals surface area contributed by atoms with Gasteiger partial charge in [0, 0.05) is 47.2 Å². The highest BCUT2D eigenvalue weighted by Gasteiger charge is 2.22. The number of fused-ring (bicyclic) bond motifs is 1. The second-order valence-corrected chi connectivity index (χ2v) is 8.44. The fourth-order valence-electron chi connectivity index (χ4n) is 4.37. The van der Waals surface area contributed by atoms with Gasteiger partial charge in [0.25, 0.3) is 0 Å². The molecular weight excluding hydrogens is 392 g/mol. The summed E-state index contributed by atoms with van der Waals surface area (Å²) in [5, 5.41) is 4.13. The summed E-state index contributed by atoms with van der Waals surface area (Å²) in [6.45, 7) is 2.30. The standard InChI is InChI=1S/C25H25ClN4/c26-20-8-4-6-18(16-20)23-9-5-7-19-17-27-25(29-24(19)23)28-21-10-12-22(13-11-21)30-14-2-1-3-15-30/h4-8,10-13,16-17,23H,1-3,9,14-15H2,(H,27,28,29). The quantitative estimate of drug-likeness (QED) is 0.533. The highest BCUT2D eigenvalue weighted by molar-refractivity contribution is 6.30. The lowest BCUT2D eigenvalue weighted by Gasteiger charge is -2.28. The average molecular weight is 417 g/mol. The van der Waals surface area contributed by atoms with Crippen LogP contribution in [0.1, 0.15) is 48.4 Å². The van der Waals surface area contributed by atoms with E-state index >= 15 is 0 Å². The molecule has 5 rings (SSSR count). The van der Waals surface area contributed by atoms with Crippen LogP contribution in [0.15, 0.2) is 60.8 Å². The van der Waals surface area contributed by atoms with E-state index in [-0.39, 0.29) is 5.92 Å². The highest BCUT2D eigenvalue weighted by Crippen LogP contribution is 2.35. The molecule has 1 N–H and O–H groups in total. The minimum atomic E-state index is 0.189. The van der Waals surface area contributed by atoms with Crippen molar-refractivity contribution in [2.24, 2.45) is 0 Å². The normalized spacial score (nSPS) is 18.2. The first-order valence-corrected chi connectivity index (χ1v) is 11.0. The van der Waals surface area contributed by atoms with Gasteiger partial charge < -0.3 is 10.2 Å². The predicted octanol–water partition coefficient (Wildman–Crippen LogP) is 6.41. The van der Waals surface area contributed by atoms with E-state index in [0.717, 1.165) is 41.5 Å². The first kappa shape index (κ1) is 19.1. The van der Waals surface area contributed by atoms with Crippen molar-refractivity contribution >= 4 is 35.0 Å². The van der Waals surface area contributed by atoms with Crippen LogP contribution in [0, 0.1) is 0 Å². The highest BCUT2D eigenvalue weighted by atomic mass is 35.5. The Balaban J connectivity index is 1.37. The summed E-state index contributed by atoms with van der Waals surface area (Å²) in [7, 11) is 0. The fourth-order valence-corrected chi connectivity index (χ4v) is 4.57. The van der Waals surface area contributed by atoms with Crippen molar-refractivity contribution in [2.45, 2.75) is 31.6 Å². The van der Waals surface area contributed by atoms with Crippen LogP contribution in [-0.2, 0) is 0 Å². The Morgan fingerprint density at radius 1 is 1.00 bits per heavy atom. The zero-order valence-corrected chi connectivity index (χ0v) is 17.6. The molecule has 3 aromatic rings. The van der Waals surface area contributed by atoms with Crippen molar-refractivity contribution < 1.29 is 0 Å². The number of nitrogens with zero attached hydrogens (tertiary/aromatic N) is 3. The molecule has 152 valence electrons. The van der Waals surface area contributed by atoms with Gasteiger partial charge in [0.15, 0.2) is 0 Å². The maximum absolute atomic E-state index is 6.23. The van der Waals surface area contributed by atoms with E-state index in [0.29, 0.717) is 5.95 Å². The minimum Gasteiger partial charge on any atom is -0.372 e. The molecular formula is C25H25ClN4. The molecule has 2 aromatic carbocycles. The molecule has 0 bridgehead atoms. The number of hydrogen-bond donors (Lipinski definition) is 1. The SMILES string of the molecule is Clc1cccc(C2CC=Cc3cnc(Nc4ccc(N5CCCCC5)cc4)nc32)c1. The maximum atomic E-state index is 6.23. The number of piperidine rings is 1. The van der Waals surface area contributed by atoms with Gasteiger partial charge in [-0.2, -0.15) is 0 Å². The van der Waals surface area contributed by atoms with Crippen LogP contribution in [0.5, 0.6) is 0 Å². The molecule has 2 heterocycles. The van der Waals surface area contributed by atoms with Crippen molar-refractivity contribution in [1.82, 2.24) is 9.97 Å². The zero-order valence-electron chi connectivity index (χ0n) is 16.9. The first-order valence-electron chi connectivity index (χ1n) is 10.7. The van der Waals surface area contributed by atoms with E-state index in [1.807, 2.05) is 24.4 Å². The van der Waals surface area contributed by atoms with Crippen molar-refractivity contribution in [3.63, 3.8) is 0 Å². The van der Waals surface area contributed by atoms with Crippen LogP contribution >= 0.6 is 11.6 Å². The van der Waals surface area contributed by atoms with E-state index in [4.69, 9.17) is 16.6 Å². The molecule has 1 fully saturated rings. The molecule has 0 amide bonds. The van der Waals surface area contributed by atoms with Gasteiger partial charge in [0.2, 0.25) is 5.95 Å². The van der Waals surface area contributed by atoms with E-state index < -0.39 is 0 Å². The van der Waals surface area contributed by atoms with E-state index in [1.165, 1.54) is 30.5 Å². The summed E-state index contributed by atoms with van der Waals surface area (Å²) in [5.74, 6) is 0.815. The fraction of sp³-hybridized carbons (Fsp3) is 0.280. The molecule has 1 aliphatic heterocycles. The zero-order chi connectivity index (χ0) is 20.3. The number of allylic oxidation sites excluding steroid dienone is 1. The first-order chi connectivity index (χ1) is 14.8. The van der Waals surface area contributed by atoms with Crippen LogP contribution in [0.4, 0.5) is 17.3 Å². The van der Waals surface area contributed by atoms with Gasteiger partial charge in [-0.15, -0.1) is 0 Å². The van der Waals surface area contributed by atoms with Crippen LogP contribution in [0.25, 0.3) is 6.08 Å². The molecule has 0 spiro atoms. The lowest BCUT2D eigenvalue weighted by Crippen LogP contribution is -2.29. The van der Waals surface area contributed by atoms with Crippen LogP contribution in [0.3, 0.4) is 0 Å². The topological polar surface area (TPSA) is 41.1 Å². The molecule has 1 saturated heterocycles. The maximum Gasteiger partial charge on any atom is 0.227 e. The van der Waals surface area contributed by atoms with Gasteiger partial charge in [-0.05, 0) is 67.6 Å². The number of rotatable bonds is 4. The monoisotopic (exact) mass is 416 g/mol. The number of hydrogen-bond acceptors (Lipinski definition) is 4. The molecule has 0 radical (unpaired) electrons. The van der Waals surface area contributed by atoms with Gasteiger partial charge in [-0.25, -0.2) is 9.97 Å². The van der Waals surface area contributed by atoms with Gasteiger partial charge in [-0.1, -0.05) is 35.9 Å². The van der Waals surface area contributed by atoms with Gasteiger partial charge in [0.1, 0.15) is 0 Å². The number of aromatic nitrogens is 2. The van der Waals surface area contributed by atoms with Crippen molar-refractivity contribution in [3.05, 3.63) is 82.6 Å². The lowest BCUT2D eigenvalue weighted by molar-refractivity contribution is 0.578. The predicted molar refractivity (Wildman–Crippen MR) is 125 cm³/mol. The molecule has 1 aliphatic carbocycles. The number of nitrogens with one attached hydrogen (secondary N) is 1. The Hall–Kier alpha value is -2.85. The molecule has 30 heavy (non-hydrogen) atoms. The molecule has 1 unspecified atom stereocenters. The summed E-state index contributed by atoms with van der Waals surface area (Å²) < 4.78 is 0. The third-order valence-electron chi connectivity index (χ3n) is 5.94. The molecule has 0 saturated carbocycles. The van der Waals surface area contributed by atoms with E-state index in [9.17, 15) is 0 Å². The van der Waals surface area contributed by atoms with Crippen LogP contribution < -0.4 is 10.2 Å². The Bertz CT molecular complexity index is 1050. The van der Waals surface area contributed by atoms with Crippen molar-refractivity contribution in [3.8, 4) is 0 Å². The Labute approximate surface area is 182 Å². The Morgan fingerprint density at radius 2 is 1.83 bits per heavy atom. The van der Waals surface area contributed by atoms with E-state index in [2.05, 4.69) is 57.7 Å². The third kappa shape index (κ3) is 4.05. The number of benzene rings is 2. The summed E-state index contributed by atoms with van der Waals surface area (Å²) in [6, 6.07) is 16.7. The summed E-state index contributed by atoms with van der Waals surface area (Å²) >= 11 is 6.23. The summed E-state index contributed by atoms with van der Waals surface area (Å²) in [6.07, 6.45) is 11.0. The van der Waals surface area contributed by atoms with Gasteiger partial charge in [-0.3, -0.25) is 0 Å². The van der Waals surface area contributed by atoms with Gasteiger partial charge in [0.05, 0.1) is 5.69 Å². The molecule has 5 heteroatoms. The minimum absolute atomic E-state index is 0.189. The molecule has 4 nitrogen and oxygen atoms in total.